The van der Waals surface area contributed by atoms with Crippen molar-refractivity contribution in [2.45, 2.75) is 25.8 Å². The molecule has 2 rings (SSSR count). The molecule has 4 heteroatoms. The van der Waals surface area contributed by atoms with Crippen LogP contribution >= 0.6 is 0 Å². The van der Waals surface area contributed by atoms with Crippen molar-refractivity contribution in [3.05, 3.63) is 35.5 Å². The Hall–Kier alpha value is -1.84. The molecule has 0 fully saturated rings. The Bertz CT molecular complexity index is 433. The van der Waals surface area contributed by atoms with Crippen LogP contribution in [0.1, 0.15) is 28.9 Å². The highest BCUT2D eigenvalue weighted by molar-refractivity contribution is 5.89. The number of aryl methyl sites for hydroxylation is 1. The number of carboxylic acid groups (broad SMARTS) is 1. The second kappa shape index (κ2) is 4.35. The maximum atomic E-state index is 10.8. The first-order valence-corrected chi connectivity index (χ1v) is 5.29. The van der Waals surface area contributed by atoms with Gasteiger partial charge in [0.25, 0.3) is 0 Å². The summed E-state index contributed by atoms with van der Waals surface area (Å²) >= 11 is 0. The molecular formula is C12H14N2O2. The molecule has 0 spiro atoms. The van der Waals surface area contributed by atoms with Gasteiger partial charge in [0, 0.05) is 6.04 Å². The number of nitrogens with zero attached hydrogens (tertiary/aromatic N) is 1. The number of hydrogen-bond donors (Lipinski definition) is 2. The predicted octanol–water partition coefficient (Wildman–Crippen LogP) is 2.22. The minimum absolute atomic E-state index is 0.259. The molecule has 2 N–H and O–H groups in total. The van der Waals surface area contributed by atoms with Crippen LogP contribution in [-0.4, -0.2) is 22.1 Å². The Labute approximate surface area is 94.0 Å². The van der Waals surface area contributed by atoms with Gasteiger partial charge in [-0.1, -0.05) is 12.2 Å². The van der Waals surface area contributed by atoms with Crippen LogP contribution in [0, 0.1) is 6.92 Å². The van der Waals surface area contributed by atoms with E-state index in [-0.39, 0.29) is 5.56 Å². The highest BCUT2D eigenvalue weighted by atomic mass is 16.4. The molecule has 1 aliphatic carbocycles. The molecule has 0 radical (unpaired) electrons. The van der Waals surface area contributed by atoms with Crippen molar-refractivity contribution in [3.8, 4) is 0 Å². The summed E-state index contributed by atoms with van der Waals surface area (Å²) in [7, 11) is 0. The molecule has 0 unspecified atom stereocenters. The third-order valence-corrected chi connectivity index (χ3v) is 2.68. The summed E-state index contributed by atoms with van der Waals surface area (Å²) in [5, 5.41) is 12.2. The van der Waals surface area contributed by atoms with E-state index in [1.54, 1.807) is 19.1 Å². The molecule has 0 aliphatic heterocycles. The lowest BCUT2D eigenvalue weighted by Gasteiger charge is -2.13. The fourth-order valence-corrected chi connectivity index (χ4v) is 1.81. The summed E-state index contributed by atoms with van der Waals surface area (Å²) in [5.41, 5.74) is 0.804. The smallest absolute Gasteiger partial charge is 0.337 e. The Morgan fingerprint density at radius 3 is 2.69 bits per heavy atom. The quantitative estimate of drug-likeness (QED) is 0.763. The average Bonchev–Trinajstić information content (AvgIpc) is 2.70. The van der Waals surface area contributed by atoms with Crippen LogP contribution in [0.5, 0.6) is 0 Å². The predicted molar refractivity (Wildman–Crippen MR) is 61.7 cm³/mol. The van der Waals surface area contributed by atoms with E-state index in [0.29, 0.717) is 11.7 Å². The van der Waals surface area contributed by atoms with Gasteiger partial charge < -0.3 is 10.4 Å². The number of hydrogen-bond acceptors (Lipinski definition) is 3. The van der Waals surface area contributed by atoms with Crippen molar-refractivity contribution < 1.29 is 9.90 Å². The Morgan fingerprint density at radius 2 is 2.12 bits per heavy atom. The summed E-state index contributed by atoms with van der Waals surface area (Å²) in [6.07, 6.45) is 6.27. The van der Waals surface area contributed by atoms with Crippen LogP contribution in [-0.2, 0) is 0 Å². The first-order chi connectivity index (χ1) is 7.66. The molecular weight excluding hydrogens is 204 g/mol. The van der Waals surface area contributed by atoms with Crippen molar-refractivity contribution in [1.82, 2.24) is 4.98 Å². The summed E-state index contributed by atoms with van der Waals surface area (Å²) in [5.74, 6) is -0.185. The fraction of sp³-hybridized carbons (Fsp3) is 0.333. The summed E-state index contributed by atoms with van der Waals surface area (Å²) in [4.78, 5) is 15.0. The molecule has 0 bridgehead atoms. The van der Waals surface area contributed by atoms with Crippen molar-refractivity contribution in [1.29, 1.82) is 0 Å². The van der Waals surface area contributed by atoms with E-state index in [4.69, 9.17) is 5.11 Å². The highest BCUT2D eigenvalue weighted by Crippen LogP contribution is 2.17. The van der Waals surface area contributed by atoms with Gasteiger partial charge in [-0.25, -0.2) is 9.78 Å². The van der Waals surface area contributed by atoms with Crippen LogP contribution in [0.25, 0.3) is 0 Å². The van der Waals surface area contributed by atoms with Crippen LogP contribution < -0.4 is 5.32 Å². The largest absolute Gasteiger partial charge is 0.478 e. The fourth-order valence-electron chi connectivity index (χ4n) is 1.81. The third kappa shape index (κ3) is 2.21. The lowest BCUT2D eigenvalue weighted by molar-refractivity contribution is 0.0695. The SMILES string of the molecule is Cc1nc(NC2CC=CC2)ccc1C(=O)O. The minimum atomic E-state index is -0.931. The third-order valence-electron chi connectivity index (χ3n) is 2.68. The van der Waals surface area contributed by atoms with Gasteiger partial charge in [-0.2, -0.15) is 0 Å². The molecule has 1 aliphatic rings. The first kappa shape index (κ1) is 10.7. The van der Waals surface area contributed by atoms with Crippen molar-refractivity contribution in [3.63, 3.8) is 0 Å². The molecule has 16 heavy (non-hydrogen) atoms. The zero-order valence-corrected chi connectivity index (χ0v) is 9.10. The van der Waals surface area contributed by atoms with Gasteiger partial charge >= 0.3 is 5.97 Å². The highest BCUT2D eigenvalue weighted by Gasteiger charge is 2.12. The Balaban J connectivity index is 2.11. The Morgan fingerprint density at radius 1 is 1.44 bits per heavy atom. The van der Waals surface area contributed by atoms with Gasteiger partial charge in [-0.3, -0.25) is 0 Å². The molecule has 0 saturated carbocycles. The molecule has 0 amide bonds. The van der Waals surface area contributed by atoms with Gasteiger partial charge in [-0.15, -0.1) is 0 Å². The van der Waals surface area contributed by atoms with Crippen molar-refractivity contribution >= 4 is 11.8 Å². The summed E-state index contributed by atoms with van der Waals surface area (Å²) < 4.78 is 0. The van der Waals surface area contributed by atoms with E-state index in [9.17, 15) is 4.79 Å². The van der Waals surface area contributed by atoms with Crippen LogP contribution in [0.4, 0.5) is 5.82 Å². The monoisotopic (exact) mass is 218 g/mol. The second-order valence-corrected chi connectivity index (χ2v) is 3.92. The zero-order chi connectivity index (χ0) is 11.5. The van der Waals surface area contributed by atoms with E-state index in [1.165, 1.54) is 0 Å². The standard InChI is InChI=1S/C12H14N2O2/c1-8-10(12(15)16)6-7-11(13-8)14-9-4-2-3-5-9/h2-3,6-7,9H,4-5H2,1H3,(H,13,14)(H,15,16). The van der Waals surface area contributed by atoms with Gasteiger partial charge in [-0.05, 0) is 31.9 Å². The van der Waals surface area contributed by atoms with Gasteiger partial charge in [0.2, 0.25) is 0 Å². The van der Waals surface area contributed by atoms with E-state index in [1.807, 2.05) is 0 Å². The number of anilines is 1. The topological polar surface area (TPSA) is 62.2 Å². The van der Waals surface area contributed by atoms with Gasteiger partial charge in [0.15, 0.2) is 0 Å². The van der Waals surface area contributed by atoms with Crippen LogP contribution in [0.2, 0.25) is 0 Å². The number of carbonyl (C=O) groups is 1. The molecule has 84 valence electrons. The van der Waals surface area contributed by atoms with Crippen molar-refractivity contribution in [2.75, 3.05) is 5.32 Å². The Kier molecular flexibility index (Phi) is 2.90. The molecule has 1 aromatic rings. The van der Waals surface area contributed by atoms with Gasteiger partial charge in [0.1, 0.15) is 5.82 Å². The molecule has 0 saturated heterocycles. The van der Waals surface area contributed by atoms with E-state index in [0.717, 1.165) is 18.7 Å². The lowest BCUT2D eigenvalue weighted by atomic mass is 10.2. The first-order valence-electron chi connectivity index (χ1n) is 5.29. The normalized spacial score (nSPS) is 15.3. The van der Waals surface area contributed by atoms with Crippen LogP contribution in [0.15, 0.2) is 24.3 Å². The molecule has 0 atom stereocenters. The van der Waals surface area contributed by atoms with Crippen molar-refractivity contribution in [2.24, 2.45) is 0 Å². The summed E-state index contributed by atoms with van der Waals surface area (Å²) in [6.45, 7) is 1.71. The maximum Gasteiger partial charge on any atom is 0.337 e. The molecule has 1 aromatic heterocycles. The number of nitrogens with one attached hydrogen (secondary N) is 1. The maximum absolute atomic E-state index is 10.8. The second-order valence-electron chi connectivity index (χ2n) is 3.92. The number of aromatic nitrogens is 1. The number of pyridine rings is 1. The summed E-state index contributed by atoms with van der Waals surface area (Å²) in [6, 6.07) is 3.70. The minimum Gasteiger partial charge on any atom is -0.478 e. The number of carboxylic acids is 1. The number of rotatable bonds is 3. The average molecular weight is 218 g/mol. The lowest BCUT2D eigenvalue weighted by Crippen LogP contribution is -2.16. The number of aromatic carboxylic acids is 1. The van der Waals surface area contributed by atoms with Crippen LogP contribution in [0.3, 0.4) is 0 Å². The molecule has 4 nitrogen and oxygen atoms in total. The zero-order valence-electron chi connectivity index (χ0n) is 9.10. The van der Waals surface area contributed by atoms with E-state index < -0.39 is 5.97 Å². The molecule has 0 aromatic carbocycles. The van der Waals surface area contributed by atoms with E-state index >= 15 is 0 Å². The molecule has 1 heterocycles. The van der Waals surface area contributed by atoms with Gasteiger partial charge in [0.05, 0.1) is 11.3 Å². The van der Waals surface area contributed by atoms with E-state index in [2.05, 4.69) is 22.5 Å².